The minimum absolute atomic E-state index is 0.109. The fourth-order valence-corrected chi connectivity index (χ4v) is 2.01. The van der Waals surface area contributed by atoms with Crippen molar-refractivity contribution in [1.29, 1.82) is 10.7 Å². The Morgan fingerprint density at radius 3 is 2.74 bits per heavy atom. The van der Waals surface area contributed by atoms with Crippen molar-refractivity contribution in [2.75, 3.05) is 5.75 Å². The molecule has 0 radical (unpaired) electrons. The number of aromatic amines is 1. The quantitative estimate of drug-likeness (QED) is 0.216. The first kappa shape index (κ1) is 15.1. The highest BCUT2D eigenvalue weighted by molar-refractivity contribution is 8.00. The number of nitriles is 1. The minimum Gasteiger partial charge on any atom is -0.316 e. The highest BCUT2D eigenvalue weighted by atomic mass is 32.2. The highest BCUT2D eigenvalue weighted by Crippen LogP contribution is 2.33. The zero-order chi connectivity index (χ0) is 14.6. The summed E-state index contributed by atoms with van der Waals surface area (Å²) in [6.07, 6.45) is -4.80. The molecule has 0 spiro atoms. The van der Waals surface area contributed by atoms with E-state index in [9.17, 15) is 18.0 Å². The number of pyridine rings is 1. The van der Waals surface area contributed by atoms with Gasteiger partial charge in [0.25, 0.3) is 0 Å². The number of rotatable bonds is 3. The van der Waals surface area contributed by atoms with Gasteiger partial charge in [-0.05, 0) is 0 Å². The summed E-state index contributed by atoms with van der Waals surface area (Å²) < 4.78 is 38.0. The van der Waals surface area contributed by atoms with Crippen molar-refractivity contribution in [3.63, 3.8) is 0 Å². The van der Waals surface area contributed by atoms with Gasteiger partial charge in [0.15, 0.2) is 0 Å². The molecule has 0 aliphatic heterocycles. The third-order valence-corrected chi connectivity index (χ3v) is 2.99. The van der Waals surface area contributed by atoms with E-state index in [1.807, 2.05) is 5.43 Å². The SMILES string of the molecule is N#Cc1c(C(F)(F)F)cc(=O)[nH]c1SCC(=N)NN. The number of nitrogens with zero attached hydrogens (tertiary/aromatic N) is 1. The van der Waals surface area contributed by atoms with E-state index in [-0.39, 0.29) is 16.6 Å². The molecular weight excluding hydrogens is 283 g/mol. The normalized spacial score (nSPS) is 10.9. The van der Waals surface area contributed by atoms with Crippen LogP contribution in [0.25, 0.3) is 0 Å². The molecule has 102 valence electrons. The fourth-order valence-electron chi connectivity index (χ4n) is 1.16. The van der Waals surface area contributed by atoms with E-state index in [2.05, 4.69) is 4.98 Å². The van der Waals surface area contributed by atoms with E-state index < -0.39 is 22.9 Å². The molecule has 0 bridgehead atoms. The monoisotopic (exact) mass is 291 g/mol. The van der Waals surface area contributed by atoms with Crippen LogP contribution in [-0.4, -0.2) is 16.6 Å². The number of nitrogens with one attached hydrogen (secondary N) is 3. The Hall–Kier alpha value is -1.99. The van der Waals surface area contributed by atoms with E-state index >= 15 is 0 Å². The van der Waals surface area contributed by atoms with E-state index in [0.29, 0.717) is 17.8 Å². The molecule has 0 fully saturated rings. The van der Waals surface area contributed by atoms with Crippen molar-refractivity contribution in [2.45, 2.75) is 11.2 Å². The zero-order valence-electron chi connectivity index (χ0n) is 9.26. The van der Waals surface area contributed by atoms with Crippen LogP contribution in [0, 0.1) is 16.7 Å². The van der Waals surface area contributed by atoms with Gasteiger partial charge in [-0.25, -0.2) is 5.84 Å². The Bertz CT molecular complexity index is 589. The first-order valence-electron chi connectivity index (χ1n) is 4.71. The summed E-state index contributed by atoms with van der Waals surface area (Å²) in [6.45, 7) is 0. The summed E-state index contributed by atoms with van der Waals surface area (Å²) >= 11 is 0.704. The standard InChI is InChI=1S/C9H8F3N5OS/c10-9(11,12)5-1-7(18)16-8(4(5)2-13)19-3-6(14)17-15/h1H,3,15H2,(H2,14,17)(H,16,18). The van der Waals surface area contributed by atoms with Crippen LogP contribution in [0.4, 0.5) is 13.2 Å². The number of hydrazine groups is 1. The predicted octanol–water partition coefficient (Wildman–Crippen LogP) is 0.798. The molecule has 0 atom stereocenters. The number of H-pyrrole nitrogens is 1. The molecule has 0 unspecified atom stereocenters. The first-order valence-corrected chi connectivity index (χ1v) is 5.69. The minimum atomic E-state index is -4.80. The van der Waals surface area contributed by atoms with Gasteiger partial charge in [0, 0.05) is 6.07 Å². The molecule has 1 heterocycles. The predicted molar refractivity (Wildman–Crippen MR) is 62.6 cm³/mol. The van der Waals surface area contributed by atoms with Crippen molar-refractivity contribution < 1.29 is 13.2 Å². The molecule has 6 nitrogen and oxygen atoms in total. The summed E-state index contributed by atoms with van der Waals surface area (Å²) in [6, 6.07) is 1.74. The van der Waals surface area contributed by atoms with Crippen LogP contribution < -0.4 is 16.8 Å². The molecule has 1 aromatic rings. The molecule has 19 heavy (non-hydrogen) atoms. The van der Waals surface area contributed by atoms with Gasteiger partial charge in [0.05, 0.1) is 21.9 Å². The molecule has 1 rings (SSSR count). The van der Waals surface area contributed by atoms with Crippen molar-refractivity contribution in [2.24, 2.45) is 5.84 Å². The number of nitrogens with two attached hydrogens (primary N) is 1. The summed E-state index contributed by atoms with van der Waals surface area (Å²) in [5.41, 5.74) is -0.950. The van der Waals surface area contributed by atoms with Crippen molar-refractivity contribution in [3.8, 4) is 6.07 Å². The van der Waals surface area contributed by atoms with Gasteiger partial charge in [0.1, 0.15) is 11.9 Å². The second-order valence-corrected chi connectivity index (χ2v) is 4.26. The lowest BCUT2D eigenvalue weighted by Gasteiger charge is -2.11. The van der Waals surface area contributed by atoms with Gasteiger partial charge in [-0.2, -0.15) is 18.4 Å². The lowest BCUT2D eigenvalue weighted by atomic mass is 10.1. The maximum atomic E-state index is 12.7. The molecule has 0 aliphatic rings. The zero-order valence-corrected chi connectivity index (χ0v) is 10.1. The van der Waals surface area contributed by atoms with Crippen LogP contribution in [0.2, 0.25) is 0 Å². The van der Waals surface area contributed by atoms with Crippen molar-refractivity contribution in [3.05, 3.63) is 27.5 Å². The van der Waals surface area contributed by atoms with Gasteiger partial charge in [-0.3, -0.25) is 10.2 Å². The fraction of sp³-hybridized carbons (Fsp3) is 0.222. The number of alkyl halides is 3. The largest absolute Gasteiger partial charge is 0.417 e. The summed E-state index contributed by atoms with van der Waals surface area (Å²) in [5.74, 6) is 4.66. The Morgan fingerprint density at radius 1 is 1.63 bits per heavy atom. The Balaban J connectivity index is 3.25. The third-order valence-electron chi connectivity index (χ3n) is 1.96. The van der Waals surface area contributed by atoms with Gasteiger partial charge in [0.2, 0.25) is 5.56 Å². The van der Waals surface area contributed by atoms with E-state index in [1.165, 1.54) is 6.07 Å². The Kier molecular flexibility index (Phi) is 4.57. The number of halogens is 3. The van der Waals surface area contributed by atoms with Crippen molar-refractivity contribution in [1.82, 2.24) is 10.4 Å². The smallest absolute Gasteiger partial charge is 0.316 e. The molecule has 0 aromatic carbocycles. The van der Waals surface area contributed by atoms with Crippen LogP contribution in [0.15, 0.2) is 15.9 Å². The van der Waals surface area contributed by atoms with Gasteiger partial charge >= 0.3 is 6.18 Å². The van der Waals surface area contributed by atoms with Crippen LogP contribution in [0.1, 0.15) is 11.1 Å². The third kappa shape index (κ3) is 3.73. The Morgan fingerprint density at radius 2 is 2.26 bits per heavy atom. The van der Waals surface area contributed by atoms with Gasteiger partial charge < -0.3 is 10.4 Å². The molecule has 0 saturated heterocycles. The van der Waals surface area contributed by atoms with Crippen LogP contribution in [0.3, 0.4) is 0 Å². The molecule has 1 aromatic heterocycles. The molecule has 0 amide bonds. The summed E-state index contributed by atoms with van der Waals surface area (Å²) in [4.78, 5) is 13.3. The lowest BCUT2D eigenvalue weighted by molar-refractivity contribution is -0.138. The maximum absolute atomic E-state index is 12.7. The van der Waals surface area contributed by atoms with Gasteiger partial charge in [-0.1, -0.05) is 11.8 Å². The highest BCUT2D eigenvalue weighted by Gasteiger charge is 2.35. The number of aromatic nitrogens is 1. The first-order chi connectivity index (χ1) is 8.79. The number of hydrogen-bond acceptors (Lipinski definition) is 5. The lowest BCUT2D eigenvalue weighted by Crippen LogP contribution is -2.31. The van der Waals surface area contributed by atoms with E-state index in [0.717, 1.165) is 0 Å². The van der Waals surface area contributed by atoms with E-state index in [4.69, 9.17) is 16.5 Å². The number of hydrogen-bond donors (Lipinski definition) is 4. The molecule has 0 aliphatic carbocycles. The molecule has 10 heteroatoms. The topological polar surface area (TPSA) is 119 Å². The number of thioether (sulfide) groups is 1. The van der Waals surface area contributed by atoms with Crippen molar-refractivity contribution >= 4 is 17.6 Å². The van der Waals surface area contributed by atoms with E-state index in [1.54, 1.807) is 0 Å². The molecular formula is C9H8F3N5OS. The summed E-state index contributed by atoms with van der Waals surface area (Å²) in [7, 11) is 0. The van der Waals surface area contributed by atoms with Gasteiger partial charge in [-0.15, -0.1) is 0 Å². The Labute approximate surface area is 109 Å². The van der Waals surface area contributed by atoms with Crippen LogP contribution >= 0.6 is 11.8 Å². The second kappa shape index (κ2) is 5.77. The second-order valence-electron chi connectivity index (χ2n) is 3.27. The van der Waals surface area contributed by atoms with Crippen LogP contribution in [0.5, 0.6) is 0 Å². The number of amidine groups is 1. The average Bonchev–Trinajstić information content (AvgIpc) is 2.34. The summed E-state index contributed by atoms with van der Waals surface area (Å²) in [5, 5.41) is 15.7. The molecule has 0 saturated carbocycles. The average molecular weight is 291 g/mol. The maximum Gasteiger partial charge on any atom is 0.417 e. The molecule has 5 N–H and O–H groups in total. The van der Waals surface area contributed by atoms with Crippen LogP contribution in [-0.2, 0) is 6.18 Å².